The van der Waals surface area contributed by atoms with Gasteiger partial charge < -0.3 is 19.7 Å². The molecule has 3 aliphatic carbocycles. The molecular formula is C29H32N4O6S. The summed E-state index contributed by atoms with van der Waals surface area (Å²) in [7, 11) is 0.479. The van der Waals surface area contributed by atoms with Gasteiger partial charge in [0, 0.05) is 30.8 Å². The molecule has 0 radical (unpaired) electrons. The smallest absolute Gasteiger partial charge is 0.325 e. The van der Waals surface area contributed by atoms with E-state index >= 15 is 0 Å². The Morgan fingerprint density at radius 1 is 1.25 bits per heavy atom. The lowest BCUT2D eigenvalue weighted by molar-refractivity contribution is -0.185. The third kappa shape index (κ3) is 3.57. The first-order valence-corrected chi connectivity index (χ1v) is 15.0. The fourth-order valence-corrected chi connectivity index (χ4v) is 8.76. The summed E-state index contributed by atoms with van der Waals surface area (Å²) in [5, 5.41) is 12.1. The van der Waals surface area contributed by atoms with Gasteiger partial charge in [0.2, 0.25) is 0 Å². The SMILES string of the molecule is CN1CC[C@]23c4c5ccc(S(=O)NCCC6C=CC(c7c[nH]c(=O)[nH]c7=O)=CC6)c4O[C@H]2C(=O)CC[C@@]3(O)[C@H]1C5. The normalized spacial score (nSPS) is 32.8. The molecule has 5 aliphatic rings. The van der Waals surface area contributed by atoms with Crippen molar-refractivity contribution in [1.82, 2.24) is 19.6 Å². The Morgan fingerprint density at radius 3 is 2.88 bits per heavy atom. The van der Waals surface area contributed by atoms with E-state index in [4.69, 9.17) is 4.74 Å². The van der Waals surface area contributed by atoms with Crippen molar-refractivity contribution in [2.75, 3.05) is 20.1 Å². The Labute approximate surface area is 233 Å². The molecular weight excluding hydrogens is 532 g/mol. The number of piperidine rings is 1. The van der Waals surface area contributed by atoms with Crippen molar-refractivity contribution < 1.29 is 18.8 Å². The minimum atomic E-state index is -1.56. The average molecular weight is 565 g/mol. The number of likely N-dealkylation sites (N-methyl/N-ethyl adjacent to an activating group) is 1. The molecule has 1 aromatic heterocycles. The van der Waals surface area contributed by atoms with Crippen LogP contribution in [0.25, 0.3) is 5.57 Å². The monoisotopic (exact) mass is 564 g/mol. The van der Waals surface area contributed by atoms with Gasteiger partial charge in [-0.05, 0) is 68.8 Å². The van der Waals surface area contributed by atoms with Gasteiger partial charge in [0.15, 0.2) is 11.9 Å². The highest BCUT2D eigenvalue weighted by atomic mass is 32.2. The van der Waals surface area contributed by atoms with E-state index in [0.717, 1.165) is 29.7 Å². The van der Waals surface area contributed by atoms with Crippen molar-refractivity contribution in [1.29, 1.82) is 0 Å². The number of rotatable bonds is 6. The number of ketones is 1. The van der Waals surface area contributed by atoms with E-state index in [9.17, 15) is 23.7 Å². The Bertz CT molecular complexity index is 1630. The maximum atomic E-state index is 13.5. The van der Waals surface area contributed by atoms with E-state index in [0.29, 0.717) is 48.4 Å². The molecule has 2 aromatic rings. The van der Waals surface area contributed by atoms with Crippen molar-refractivity contribution in [2.45, 2.75) is 66.6 Å². The standard InChI is InChI=1S/C29H32N4O6S/c1-33-13-11-28-23-18-6-7-21(24(23)39-25(28)20(34)8-10-29(28,37)22(33)14-18)40(38)31-12-9-16-2-4-17(5-3-16)19-15-30-27(36)32-26(19)35/h2,4-7,15-16,22,25,31,37H,3,8-14H2,1H3,(H2,30,32,35,36)/t16?,22-,25+,28+,29-,40?/m1/s1. The molecule has 2 aliphatic heterocycles. The molecule has 1 saturated heterocycles. The largest absolute Gasteiger partial charge is 0.480 e. The number of Topliss-reactive ketones (excluding diaryl/α,β-unsaturated/α-hetero) is 1. The molecule has 1 saturated carbocycles. The highest BCUT2D eigenvalue weighted by Crippen LogP contribution is 2.63. The molecule has 40 heavy (non-hydrogen) atoms. The van der Waals surface area contributed by atoms with E-state index in [1.165, 1.54) is 6.20 Å². The predicted molar refractivity (Wildman–Crippen MR) is 148 cm³/mol. The first-order valence-electron chi connectivity index (χ1n) is 13.9. The van der Waals surface area contributed by atoms with Crippen LogP contribution < -0.4 is 20.7 Å². The maximum Gasteiger partial charge on any atom is 0.325 e. The molecule has 10 nitrogen and oxygen atoms in total. The number of nitrogens with one attached hydrogen (secondary N) is 3. The first-order chi connectivity index (χ1) is 19.2. The van der Waals surface area contributed by atoms with Gasteiger partial charge in [0.25, 0.3) is 5.56 Å². The predicted octanol–water partition coefficient (Wildman–Crippen LogP) is 1.08. The number of aromatic amines is 2. The average Bonchev–Trinajstić information content (AvgIpc) is 3.29. The summed E-state index contributed by atoms with van der Waals surface area (Å²) in [5.74, 6) is 0.735. The fourth-order valence-electron chi connectivity index (χ4n) is 7.79. The van der Waals surface area contributed by atoms with Gasteiger partial charge in [-0.25, -0.2) is 13.7 Å². The van der Waals surface area contributed by atoms with Crippen LogP contribution in [-0.2, 0) is 27.6 Å². The van der Waals surface area contributed by atoms with Crippen LogP contribution in [0.1, 0.15) is 48.8 Å². The van der Waals surface area contributed by atoms with Gasteiger partial charge >= 0.3 is 5.69 Å². The quantitative estimate of drug-likeness (QED) is 0.411. The molecule has 1 aromatic carbocycles. The summed E-state index contributed by atoms with van der Waals surface area (Å²) in [6.07, 6.45) is 10.0. The Hall–Kier alpha value is -3.12. The highest BCUT2D eigenvalue weighted by molar-refractivity contribution is 7.83. The molecule has 2 bridgehead atoms. The van der Waals surface area contributed by atoms with Crippen molar-refractivity contribution in [2.24, 2.45) is 5.92 Å². The topological polar surface area (TPSA) is 145 Å². The number of aromatic nitrogens is 2. The molecule has 3 heterocycles. The number of carbonyl (C=O) groups is 1. The van der Waals surface area contributed by atoms with Gasteiger partial charge in [-0.15, -0.1) is 0 Å². The van der Waals surface area contributed by atoms with Crippen LogP contribution in [0.2, 0.25) is 0 Å². The third-order valence-electron chi connectivity index (χ3n) is 9.78. The van der Waals surface area contributed by atoms with Crippen LogP contribution in [0.15, 0.2) is 51.0 Å². The molecule has 1 spiro atoms. The Balaban J connectivity index is 1.08. The summed E-state index contributed by atoms with van der Waals surface area (Å²) >= 11 is 0. The maximum absolute atomic E-state index is 13.5. The van der Waals surface area contributed by atoms with Crippen molar-refractivity contribution in [3.8, 4) is 5.75 Å². The summed E-state index contributed by atoms with van der Waals surface area (Å²) in [6, 6.07) is 3.77. The zero-order valence-corrected chi connectivity index (χ0v) is 23.0. The summed E-state index contributed by atoms with van der Waals surface area (Å²) in [5.41, 5.74) is 0.347. The Kier molecular flexibility index (Phi) is 5.94. The van der Waals surface area contributed by atoms with E-state index in [1.807, 2.05) is 37.4 Å². The number of likely N-dealkylation sites (tertiary alicyclic amines) is 1. The number of carbonyl (C=O) groups excluding carboxylic acids is 1. The number of aliphatic hydroxyl groups is 1. The molecule has 7 rings (SSSR count). The van der Waals surface area contributed by atoms with Crippen LogP contribution in [0, 0.1) is 5.92 Å². The highest BCUT2D eigenvalue weighted by Gasteiger charge is 2.72. The lowest BCUT2D eigenvalue weighted by Crippen LogP contribution is -2.76. The second kappa shape index (κ2) is 9.20. The zero-order valence-electron chi connectivity index (χ0n) is 22.2. The first kappa shape index (κ1) is 25.8. The van der Waals surface area contributed by atoms with Crippen LogP contribution in [-0.4, -0.2) is 67.9 Å². The summed E-state index contributed by atoms with van der Waals surface area (Å²) in [6.45, 7) is 1.26. The van der Waals surface area contributed by atoms with Gasteiger partial charge in [0.05, 0.1) is 21.5 Å². The lowest BCUT2D eigenvalue weighted by atomic mass is 9.49. The van der Waals surface area contributed by atoms with Gasteiger partial charge in [0.1, 0.15) is 16.7 Å². The second-order valence-corrected chi connectivity index (χ2v) is 13.0. The number of H-pyrrole nitrogens is 2. The zero-order chi connectivity index (χ0) is 27.8. The van der Waals surface area contributed by atoms with Crippen LogP contribution in [0.3, 0.4) is 0 Å². The number of nitrogens with zero attached hydrogens (tertiary/aromatic N) is 1. The van der Waals surface area contributed by atoms with E-state index in [-0.39, 0.29) is 24.2 Å². The molecule has 2 unspecified atom stereocenters. The van der Waals surface area contributed by atoms with Crippen molar-refractivity contribution in [3.05, 3.63) is 74.1 Å². The van der Waals surface area contributed by atoms with E-state index in [1.54, 1.807) is 0 Å². The minimum Gasteiger partial charge on any atom is -0.480 e. The van der Waals surface area contributed by atoms with Crippen LogP contribution >= 0.6 is 0 Å². The molecule has 4 N–H and O–H groups in total. The molecule has 0 amide bonds. The number of benzene rings is 1. The number of ether oxygens (including phenoxy) is 1. The molecule has 210 valence electrons. The van der Waals surface area contributed by atoms with Gasteiger partial charge in [-0.2, -0.15) is 0 Å². The van der Waals surface area contributed by atoms with Gasteiger partial charge in [-0.1, -0.05) is 24.3 Å². The number of allylic oxidation sites excluding steroid dienone is 4. The summed E-state index contributed by atoms with van der Waals surface area (Å²) < 4.78 is 23.0. The van der Waals surface area contributed by atoms with Crippen LogP contribution in [0.5, 0.6) is 5.75 Å². The van der Waals surface area contributed by atoms with Crippen LogP contribution in [0.4, 0.5) is 0 Å². The van der Waals surface area contributed by atoms with E-state index < -0.39 is 39.4 Å². The third-order valence-corrected chi connectivity index (χ3v) is 11.0. The molecule has 11 heteroatoms. The lowest BCUT2D eigenvalue weighted by Gasteiger charge is -2.62. The number of hydrogen-bond acceptors (Lipinski definition) is 7. The Morgan fingerprint density at radius 2 is 2.10 bits per heavy atom. The summed E-state index contributed by atoms with van der Waals surface area (Å²) in [4.78, 5) is 44.0. The fraction of sp³-hybridized carbons (Fsp3) is 0.483. The van der Waals surface area contributed by atoms with E-state index in [2.05, 4.69) is 19.6 Å². The number of hydrogen-bond donors (Lipinski definition) is 4. The minimum absolute atomic E-state index is 0.0158. The van der Waals surface area contributed by atoms with Crippen molar-refractivity contribution >= 4 is 22.3 Å². The van der Waals surface area contributed by atoms with Gasteiger partial charge in [-0.3, -0.25) is 14.6 Å². The molecule has 2 fully saturated rings. The van der Waals surface area contributed by atoms with Crippen molar-refractivity contribution in [3.63, 3.8) is 0 Å². The second-order valence-electron chi connectivity index (χ2n) is 11.7. The molecule has 6 atom stereocenters.